The van der Waals surface area contributed by atoms with Crippen molar-refractivity contribution in [1.29, 1.82) is 0 Å². The van der Waals surface area contributed by atoms with E-state index in [0.717, 1.165) is 63.5 Å². The van der Waals surface area contributed by atoms with Crippen LogP contribution in [-0.4, -0.2) is 61.7 Å². The predicted molar refractivity (Wildman–Crippen MR) is 156 cm³/mol. The molecule has 4 nitrogen and oxygen atoms in total. The molecule has 0 atom stereocenters. The normalized spacial score (nSPS) is 15.4. The molecule has 4 heteroatoms. The molecule has 0 amide bonds. The number of hydrogen-bond acceptors (Lipinski definition) is 4. The van der Waals surface area contributed by atoms with Gasteiger partial charge in [0.15, 0.2) is 0 Å². The number of benzene rings is 3. The van der Waals surface area contributed by atoms with Crippen molar-refractivity contribution < 1.29 is 0 Å². The molecule has 2 aliphatic heterocycles. The van der Waals surface area contributed by atoms with Gasteiger partial charge in [-0.3, -0.25) is 9.98 Å². The van der Waals surface area contributed by atoms with Gasteiger partial charge in [-0.05, 0) is 92.0 Å². The SMILES string of the molecule is Cc1cc(CCc2ccc(C3=NCCN3C)cc2C)cc(CCc2ccc(C3=NCCN3C)cc2C)c1. The maximum atomic E-state index is 4.68. The first kappa shape index (κ1) is 25.3. The minimum absolute atomic E-state index is 0.903. The summed E-state index contributed by atoms with van der Waals surface area (Å²) in [5.74, 6) is 2.25. The Labute approximate surface area is 222 Å². The molecule has 0 unspecified atom stereocenters. The number of amidine groups is 2. The van der Waals surface area contributed by atoms with Gasteiger partial charge in [-0.1, -0.05) is 48.0 Å². The van der Waals surface area contributed by atoms with Crippen LogP contribution in [0.25, 0.3) is 0 Å². The molecule has 0 fully saturated rings. The molecule has 0 bridgehead atoms. The Morgan fingerprint density at radius 2 is 1.05 bits per heavy atom. The summed E-state index contributed by atoms with van der Waals surface area (Å²) in [6, 6.07) is 20.8. The highest BCUT2D eigenvalue weighted by molar-refractivity contribution is 6.00. The molecule has 3 aromatic carbocycles. The van der Waals surface area contributed by atoms with Crippen molar-refractivity contribution in [2.75, 3.05) is 40.3 Å². The molecule has 0 saturated heterocycles. The van der Waals surface area contributed by atoms with E-state index in [1.54, 1.807) is 0 Å². The number of hydrogen-bond donors (Lipinski definition) is 0. The minimum atomic E-state index is 0.903. The molecule has 0 saturated carbocycles. The second-order valence-electron chi connectivity index (χ2n) is 10.9. The fourth-order valence-electron chi connectivity index (χ4n) is 5.71. The molecule has 0 aromatic heterocycles. The Morgan fingerprint density at radius 1 is 0.595 bits per heavy atom. The summed E-state index contributed by atoms with van der Waals surface area (Å²) in [5, 5.41) is 0. The van der Waals surface area contributed by atoms with Crippen molar-refractivity contribution in [3.8, 4) is 0 Å². The lowest BCUT2D eigenvalue weighted by molar-refractivity contribution is 0.557. The molecule has 2 aliphatic rings. The minimum Gasteiger partial charge on any atom is -0.358 e. The second kappa shape index (κ2) is 10.9. The zero-order valence-corrected chi connectivity index (χ0v) is 23.1. The number of rotatable bonds is 8. The van der Waals surface area contributed by atoms with Gasteiger partial charge in [-0.25, -0.2) is 0 Å². The van der Waals surface area contributed by atoms with Crippen molar-refractivity contribution in [2.24, 2.45) is 9.98 Å². The van der Waals surface area contributed by atoms with Gasteiger partial charge in [-0.2, -0.15) is 0 Å². The summed E-state index contributed by atoms with van der Waals surface area (Å²) < 4.78 is 0. The molecular weight excluding hydrogens is 452 g/mol. The van der Waals surface area contributed by atoms with Gasteiger partial charge in [0.05, 0.1) is 13.1 Å². The standard InChI is InChI=1S/C33H40N4/c1-23-18-26(6-8-28-10-12-30(20-24(28)2)32-34-14-16-36(32)4)22-27(19-23)7-9-29-11-13-31(21-25(29)3)33-35-15-17-37(33)5/h10-13,18-22H,6-9,14-17H2,1-5H3. The van der Waals surface area contributed by atoms with Crippen LogP contribution in [0.4, 0.5) is 0 Å². The molecule has 0 aliphatic carbocycles. The molecule has 0 spiro atoms. The number of aryl methyl sites for hydroxylation is 7. The summed E-state index contributed by atoms with van der Waals surface area (Å²) in [6.45, 7) is 10.5. The first-order valence-corrected chi connectivity index (χ1v) is 13.7. The number of likely N-dealkylation sites (N-methyl/N-ethyl adjacent to an activating group) is 2. The van der Waals surface area contributed by atoms with Gasteiger partial charge in [0.2, 0.25) is 0 Å². The highest BCUT2D eigenvalue weighted by Gasteiger charge is 2.16. The highest BCUT2D eigenvalue weighted by Crippen LogP contribution is 2.21. The van der Waals surface area contributed by atoms with Gasteiger partial charge in [0.25, 0.3) is 0 Å². The molecule has 0 radical (unpaired) electrons. The quantitative estimate of drug-likeness (QED) is 0.412. The van der Waals surface area contributed by atoms with Gasteiger partial charge >= 0.3 is 0 Å². The van der Waals surface area contributed by atoms with Gasteiger partial charge in [0, 0.05) is 38.3 Å². The monoisotopic (exact) mass is 492 g/mol. The average molecular weight is 493 g/mol. The van der Waals surface area contributed by atoms with Crippen LogP contribution >= 0.6 is 0 Å². The topological polar surface area (TPSA) is 31.2 Å². The largest absolute Gasteiger partial charge is 0.358 e. The van der Waals surface area contributed by atoms with Crippen molar-refractivity contribution >= 4 is 11.7 Å². The van der Waals surface area contributed by atoms with Crippen molar-refractivity contribution in [3.05, 3.63) is 105 Å². The third-order valence-corrected chi connectivity index (χ3v) is 7.88. The lowest BCUT2D eigenvalue weighted by Gasteiger charge is -2.16. The van der Waals surface area contributed by atoms with Crippen LogP contribution in [0.5, 0.6) is 0 Å². The molecule has 2 heterocycles. The van der Waals surface area contributed by atoms with Crippen molar-refractivity contribution in [3.63, 3.8) is 0 Å². The van der Waals surface area contributed by atoms with Gasteiger partial charge in [0.1, 0.15) is 11.7 Å². The maximum Gasteiger partial charge on any atom is 0.130 e. The van der Waals surface area contributed by atoms with E-state index >= 15 is 0 Å². The molecule has 37 heavy (non-hydrogen) atoms. The van der Waals surface area contributed by atoms with Gasteiger partial charge in [-0.15, -0.1) is 0 Å². The van der Waals surface area contributed by atoms with Crippen LogP contribution in [0.1, 0.15) is 50.1 Å². The van der Waals surface area contributed by atoms with Gasteiger partial charge < -0.3 is 9.80 Å². The highest BCUT2D eigenvalue weighted by atomic mass is 15.2. The smallest absolute Gasteiger partial charge is 0.130 e. The Kier molecular flexibility index (Phi) is 7.45. The van der Waals surface area contributed by atoms with E-state index in [0.29, 0.717) is 0 Å². The first-order chi connectivity index (χ1) is 17.9. The number of nitrogens with zero attached hydrogens (tertiary/aromatic N) is 4. The van der Waals surface area contributed by atoms with Crippen LogP contribution < -0.4 is 0 Å². The van der Waals surface area contributed by atoms with Crippen LogP contribution in [0.15, 0.2) is 64.6 Å². The zero-order valence-electron chi connectivity index (χ0n) is 23.1. The molecule has 3 aromatic rings. The van der Waals surface area contributed by atoms with E-state index in [2.05, 4.69) is 109 Å². The summed E-state index contributed by atoms with van der Waals surface area (Å²) in [7, 11) is 4.26. The van der Waals surface area contributed by atoms with E-state index < -0.39 is 0 Å². The van der Waals surface area contributed by atoms with Crippen LogP contribution in [0, 0.1) is 20.8 Å². The molecule has 0 N–H and O–H groups in total. The number of aliphatic imine (C=N–C) groups is 2. The van der Waals surface area contributed by atoms with E-state index in [1.165, 1.54) is 50.1 Å². The lowest BCUT2D eigenvalue weighted by atomic mass is 9.94. The first-order valence-electron chi connectivity index (χ1n) is 13.7. The predicted octanol–water partition coefficient (Wildman–Crippen LogP) is 5.57. The van der Waals surface area contributed by atoms with E-state index in [-0.39, 0.29) is 0 Å². The van der Waals surface area contributed by atoms with Crippen LogP contribution in [0.3, 0.4) is 0 Å². The average Bonchev–Trinajstić information content (AvgIpc) is 3.50. The summed E-state index contributed by atoms with van der Waals surface area (Å²) in [5.41, 5.74) is 12.3. The van der Waals surface area contributed by atoms with Crippen LogP contribution in [0.2, 0.25) is 0 Å². The third kappa shape index (κ3) is 5.79. The van der Waals surface area contributed by atoms with Crippen molar-refractivity contribution in [2.45, 2.75) is 46.5 Å². The molecule has 5 rings (SSSR count). The summed E-state index contributed by atoms with van der Waals surface area (Å²) in [6.07, 6.45) is 4.27. The Morgan fingerprint density at radius 3 is 1.43 bits per heavy atom. The van der Waals surface area contributed by atoms with E-state index in [9.17, 15) is 0 Å². The maximum absolute atomic E-state index is 4.68. The van der Waals surface area contributed by atoms with E-state index in [1.807, 2.05) is 0 Å². The van der Waals surface area contributed by atoms with Crippen LogP contribution in [-0.2, 0) is 25.7 Å². The Bertz CT molecular complexity index is 1250. The fraction of sp³-hybridized carbons (Fsp3) is 0.394. The fourth-order valence-corrected chi connectivity index (χ4v) is 5.71. The van der Waals surface area contributed by atoms with E-state index in [4.69, 9.17) is 0 Å². The summed E-state index contributed by atoms with van der Waals surface area (Å²) in [4.78, 5) is 13.9. The zero-order chi connectivity index (χ0) is 25.9. The summed E-state index contributed by atoms with van der Waals surface area (Å²) >= 11 is 0. The molecular formula is C33H40N4. The Hall–Kier alpha value is -3.40. The molecule has 192 valence electrons. The lowest BCUT2D eigenvalue weighted by Crippen LogP contribution is -2.23. The van der Waals surface area contributed by atoms with Crippen molar-refractivity contribution in [1.82, 2.24) is 9.80 Å². The third-order valence-electron chi connectivity index (χ3n) is 7.88. The Balaban J connectivity index is 1.22. The second-order valence-corrected chi connectivity index (χ2v) is 10.9.